The molecule has 1 unspecified atom stereocenters. The topological polar surface area (TPSA) is 57.6 Å². The first kappa shape index (κ1) is 15.2. The third kappa shape index (κ3) is 2.48. The summed E-state index contributed by atoms with van der Waals surface area (Å²) in [6, 6.07) is 3.89. The molecule has 0 saturated heterocycles. The van der Waals surface area contributed by atoms with E-state index in [9.17, 15) is 14.7 Å². The molecule has 0 aliphatic heterocycles. The highest BCUT2D eigenvalue weighted by Crippen LogP contribution is 2.33. The van der Waals surface area contributed by atoms with Gasteiger partial charge in [0.2, 0.25) is 6.41 Å². The van der Waals surface area contributed by atoms with E-state index in [1.165, 1.54) is 4.90 Å². The molecule has 4 heteroatoms. The van der Waals surface area contributed by atoms with Gasteiger partial charge in [-0.05, 0) is 51.3 Å². The van der Waals surface area contributed by atoms with Gasteiger partial charge in [0.1, 0.15) is 0 Å². The fraction of sp³-hybridized carbons (Fsp3) is 0.467. The lowest BCUT2D eigenvalue weighted by Crippen LogP contribution is -2.50. The number of nitrogens with zero attached hydrogens (tertiary/aromatic N) is 1. The summed E-state index contributed by atoms with van der Waals surface area (Å²) >= 11 is 0. The number of aryl methyl sites for hydroxylation is 3. The molecule has 0 fully saturated rings. The van der Waals surface area contributed by atoms with Gasteiger partial charge in [0, 0.05) is 6.54 Å². The van der Waals surface area contributed by atoms with E-state index in [-0.39, 0.29) is 0 Å². The van der Waals surface area contributed by atoms with Crippen molar-refractivity contribution in [3.8, 4) is 0 Å². The average molecular weight is 263 g/mol. The molecular formula is C15H21NO3. The molecule has 4 nitrogen and oxygen atoms in total. The Balaban J connectivity index is 3.60. The van der Waals surface area contributed by atoms with Crippen molar-refractivity contribution in [3.05, 3.63) is 34.4 Å². The number of carboxylic acid groups (broad SMARTS) is 1. The fourth-order valence-corrected chi connectivity index (χ4v) is 2.82. The Bertz CT molecular complexity index is 487. The van der Waals surface area contributed by atoms with Crippen molar-refractivity contribution in [1.82, 2.24) is 4.90 Å². The second kappa shape index (κ2) is 5.43. The minimum Gasteiger partial charge on any atom is -0.479 e. The highest BCUT2D eigenvalue weighted by molar-refractivity contribution is 5.84. The zero-order valence-electron chi connectivity index (χ0n) is 12.2. The number of rotatable bonds is 5. The van der Waals surface area contributed by atoms with Crippen LogP contribution in [0.3, 0.4) is 0 Å². The third-order valence-corrected chi connectivity index (χ3v) is 3.62. The van der Waals surface area contributed by atoms with Gasteiger partial charge in [-0.15, -0.1) is 0 Å². The van der Waals surface area contributed by atoms with E-state index in [0.717, 1.165) is 16.7 Å². The molecule has 1 aromatic carbocycles. The number of hydrogen-bond donors (Lipinski definition) is 1. The lowest BCUT2D eigenvalue weighted by atomic mass is 9.83. The maximum atomic E-state index is 11.8. The number of amides is 1. The first-order valence-electron chi connectivity index (χ1n) is 6.32. The van der Waals surface area contributed by atoms with Gasteiger partial charge in [0.25, 0.3) is 0 Å². The molecule has 0 spiro atoms. The molecule has 0 bridgehead atoms. The van der Waals surface area contributed by atoms with Gasteiger partial charge in [-0.25, -0.2) is 4.79 Å². The Morgan fingerprint density at radius 3 is 2.11 bits per heavy atom. The van der Waals surface area contributed by atoms with Crippen molar-refractivity contribution in [2.75, 3.05) is 6.54 Å². The molecule has 0 radical (unpaired) electrons. The second-order valence-corrected chi connectivity index (χ2v) is 5.04. The Labute approximate surface area is 114 Å². The van der Waals surface area contributed by atoms with Gasteiger partial charge in [-0.1, -0.05) is 17.7 Å². The van der Waals surface area contributed by atoms with E-state index < -0.39 is 11.5 Å². The Kier molecular flexibility index (Phi) is 4.35. The molecule has 104 valence electrons. The van der Waals surface area contributed by atoms with Crippen molar-refractivity contribution in [2.45, 2.75) is 40.2 Å². The highest BCUT2D eigenvalue weighted by atomic mass is 16.4. The number of aliphatic carboxylic acids is 1. The van der Waals surface area contributed by atoms with Gasteiger partial charge in [0.05, 0.1) is 0 Å². The van der Waals surface area contributed by atoms with Crippen molar-refractivity contribution in [2.24, 2.45) is 0 Å². The smallest absolute Gasteiger partial charge is 0.334 e. The molecule has 0 heterocycles. The SMILES string of the molecule is CCN(C=O)C(C)(C(=O)O)c1c(C)cc(C)cc1C. The van der Waals surface area contributed by atoms with Crippen LogP contribution in [0.2, 0.25) is 0 Å². The number of benzene rings is 1. The largest absolute Gasteiger partial charge is 0.479 e. The van der Waals surface area contributed by atoms with E-state index in [1.807, 2.05) is 32.9 Å². The van der Waals surface area contributed by atoms with E-state index in [2.05, 4.69) is 0 Å². The monoisotopic (exact) mass is 263 g/mol. The van der Waals surface area contributed by atoms with Crippen molar-refractivity contribution < 1.29 is 14.7 Å². The molecule has 0 aromatic heterocycles. The second-order valence-electron chi connectivity index (χ2n) is 5.04. The highest BCUT2D eigenvalue weighted by Gasteiger charge is 2.42. The van der Waals surface area contributed by atoms with E-state index in [1.54, 1.807) is 13.8 Å². The number of hydrogen-bond acceptors (Lipinski definition) is 2. The summed E-state index contributed by atoms with van der Waals surface area (Å²) in [6.45, 7) is 9.44. The van der Waals surface area contributed by atoms with E-state index >= 15 is 0 Å². The van der Waals surface area contributed by atoms with Crippen LogP contribution in [0.5, 0.6) is 0 Å². The van der Waals surface area contributed by atoms with Crippen molar-refractivity contribution in [3.63, 3.8) is 0 Å². The summed E-state index contributed by atoms with van der Waals surface area (Å²) in [4.78, 5) is 24.3. The Hall–Kier alpha value is -1.84. The van der Waals surface area contributed by atoms with Crippen LogP contribution in [0.15, 0.2) is 12.1 Å². The zero-order chi connectivity index (χ0) is 14.8. The lowest BCUT2D eigenvalue weighted by Gasteiger charge is -2.37. The first-order valence-corrected chi connectivity index (χ1v) is 6.32. The van der Waals surface area contributed by atoms with E-state index in [0.29, 0.717) is 18.5 Å². The molecule has 0 saturated carbocycles. The predicted octanol–water partition coefficient (Wildman–Crippen LogP) is 2.39. The zero-order valence-corrected chi connectivity index (χ0v) is 12.2. The van der Waals surface area contributed by atoms with Gasteiger partial charge >= 0.3 is 5.97 Å². The van der Waals surface area contributed by atoms with Gasteiger partial charge in [0.15, 0.2) is 5.54 Å². The normalized spacial score (nSPS) is 13.7. The molecular weight excluding hydrogens is 242 g/mol. The lowest BCUT2D eigenvalue weighted by molar-refractivity contribution is -0.154. The van der Waals surface area contributed by atoms with Crippen LogP contribution in [0, 0.1) is 20.8 Å². The van der Waals surface area contributed by atoms with Gasteiger partial charge in [-0.2, -0.15) is 0 Å². The van der Waals surface area contributed by atoms with Crippen LogP contribution in [-0.2, 0) is 15.1 Å². The third-order valence-electron chi connectivity index (χ3n) is 3.62. The average Bonchev–Trinajstić information content (AvgIpc) is 2.28. The molecule has 19 heavy (non-hydrogen) atoms. The minimum atomic E-state index is -1.33. The molecule has 1 atom stereocenters. The Morgan fingerprint density at radius 1 is 1.32 bits per heavy atom. The Morgan fingerprint density at radius 2 is 1.79 bits per heavy atom. The predicted molar refractivity (Wildman–Crippen MR) is 74.1 cm³/mol. The number of likely N-dealkylation sites (N-methyl/N-ethyl adjacent to an activating group) is 1. The quantitative estimate of drug-likeness (QED) is 0.830. The summed E-state index contributed by atoms with van der Waals surface area (Å²) in [7, 11) is 0. The fourth-order valence-electron chi connectivity index (χ4n) is 2.82. The van der Waals surface area contributed by atoms with Crippen LogP contribution >= 0.6 is 0 Å². The number of carboxylic acids is 1. The van der Waals surface area contributed by atoms with Crippen LogP contribution in [0.1, 0.15) is 36.1 Å². The number of carbonyl (C=O) groups excluding carboxylic acids is 1. The van der Waals surface area contributed by atoms with Gasteiger partial charge < -0.3 is 10.0 Å². The van der Waals surface area contributed by atoms with Crippen LogP contribution in [0.4, 0.5) is 0 Å². The summed E-state index contributed by atoms with van der Waals surface area (Å²) < 4.78 is 0. The van der Waals surface area contributed by atoms with Crippen molar-refractivity contribution in [1.29, 1.82) is 0 Å². The summed E-state index contributed by atoms with van der Waals surface area (Å²) in [5, 5.41) is 9.64. The summed E-state index contributed by atoms with van der Waals surface area (Å²) in [6.07, 6.45) is 0.604. The maximum Gasteiger partial charge on any atom is 0.334 e. The summed E-state index contributed by atoms with van der Waals surface area (Å²) in [5.41, 5.74) is 2.23. The van der Waals surface area contributed by atoms with E-state index in [4.69, 9.17) is 0 Å². The summed E-state index contributed by atoms with van der Waals surface area (Å²) in [5.74, 6) is -1.02. The van der Waals surface area contributed by atoms with Crippen LogP contribution in [-0.4, -0.2) is 28.9 Å². The molecule has 1 N–H and O–H groups in total. The van der Waals surface area contributed by atoms with Crippen molar-refractivity contribution >= 4 is 12.4 Å². The maximum absolute atomic E-state index is 11.8. The molecule has 1 aromatic rings. The standard InChI is InChI=1S/C15H21NO3/c1-6-16(9-17)15(5,14(18)19)13-11(3)7-10(2)8-12(13)4/h7-9H,6H2,1-5H3,(H,18,19). The van der Waals surface area contributed by atoms with Crippen LogP contribution in [0.25, 0.3) is 0 Å². The number of carbonyl (C=O) groups is 2. The molecule has 0 aliphatic rings. The molecule has 1 amide bonds. The molecule has 0 aliphatic carbocycles. The first-order chi connectivity index (χ1) is 8.78. The minimum absolute atomic E-state index is 0.346. The van der Waals surface area contributed by atoms with Crippen LogP contribution < -0.4 is 0 Å². The van der Waals surface area contributed by atoms with Gasteiger partial charge in [-0.3, -0.25) is 4.79 Å². The molecule has 1 rings (SSSR count).